The highest BCUT2D eigenvalue weighted by atomic mass is 16.3. The van der Waals surface area contributed by atoms with Crippen LogP contribution in [0.25, 0.3) is 6.08 Å². The van der Waals surface area contributed by atoms with E-state index in [-0.39, 0.29) is 17.4 Å². The first-order chi connectivity index (χ1) is 9.65. The number of hydrogen-bond donors (Lipinski definition) is 2. The molecule has 0 aliphatic carbocycles. The Bertz CT molecular complexity index is 620. The Morgan fingerprint density at radius 2 is 2.00 bits per heavy atom. The molecule has 1 aromatic rings. The van der Waals surface area contributed by atoms with Crippen LogP contribution in [0.1, 0.15) is 31.2 Å². The van der Waals surface area contributed by atoms with Gasteiger partial charge in [-0.15, -0.1) is 0 Å². The summed E-state index contributed by atoms with van der Waals surface area (Å²) < 4.78 is 0. The number of rotatable bonds is 1. The topological polar surface area (TPSA) is 73.1 Å². The zero-order chi connectivity index (χ0) is 14.1. The third-order valence-electron chi connectivity index (χ3n) is 3.61. The molecule has 0 unspecified atom stereocenters. The number of hydrogen-bond acceptors (Lipinski definition) is 4. The highest BCUT2D eigenvalue weighted by molar-refractivity contribution is 6.14. The molecule has 2 aliphatic rings. The van der Waals surface area contributed by atoms with Crippen LogP contribution >= 0.6 is 0 Å². The number of fused-ring (bicyclic) bond motifs is 1. The van der Waals surface area contributed by atoms with Gasteiger partial charge in [0.15, 0.2) is 11.5 Å². The van der Waals surface area contributed by atoms with Crippen molar-refractivity contribution >= 4 is 17.8 Å². The van der Waals surface area contributed by atoms with Crippen LogP contribution in [0.5, 0.6) is 11.5 Å². The first-order valence-electron chi connectivity index (χ1n) is 6.78. The summed E-state index contributed by atoms with van der Waals surface area (Å²) in [5.41, 5.74) is 1.04. The van der Waals surface area contributed by atoms with Crippen LogP contribution < -0.4 is 0 Å². The number of carbonyl (C=O) groups excluding carboxylic acids is 1. The number of amidine groups is 1. The van der Waals surface area contributed by atoms with Gasteiger partial charge in [-0.05, 0) is 36.6 Å². The summed E-state index contributed by atoms with van der Waals surface area (Å²) in [6, 6.07) is 4.45. The van der Waals surface area contributed by atoms with Crippen molar-refractivity contribution in [2.45, 2.75) is 25.7 Å². The third-order valence-corrected chi connectivity index (χ3v) is 3.61. The molecule has 0 atom stereocenters. The molecule has 0 aromatic heterocycles. The first kappa shape index (κ1) is 12.7. The van der Waals surface area contributed by atoms with E-state index >= 15 is 0 Å². The zero-order valence-corrected chi connectivity index (χ0v) is 11.0. The Hall–Kier alpha value is -2.30. The van der Waals surface area contributed by atoms with E-state index in [0.29, 0.717) is 11.3 Å². The average molecular weight is 272 g/mol. The van der Waals surface area contributed by atoms with Gasteiger partial charge in [-0.2, -0.15) is 0 Å². The Morgan fingerprint density at radius 1 is 1.15 bits per heavy atom. The molecule has 5 nitrogen and oxygen atoms in total. The lowest BCUT2D eigenvalue weighted by Crippen LogP contribution is -2.31. The van der Waals surface area contributed by atoms with Crippen LogP contribution in [0.4, 0.5) is 0 Å². The standard InChI is InChI=1S/C15H16N2O3/c18-12-6-5-10(9-13(12)19)8-11-15(20)17-7-3-1-2-4-14(17)16-11/h5-6,8-9,18-19H,1-4,7H2. The SMILES string of the molecule is O=C1C(=Cc2ccc(O)c(O)c2)N=C2CCCCCN12. The van der Waals surface area contributed by atoms with Crippen LogP contribution in [-0.2, 0) is 4.79 Å². The molecule has 3 rings (SSSR count). The summed E-state index contributed by atoms with van der Waals surface area (Å²) in [5, 5.41) is 18.8. The fourth-order valence-electron chi connectivity index (χ4n) is 2.54. The molecule has 0 saturated carbocycles. The first-order valence-corrected chi connectivity index (χ1v) is 6.78. The highest BCUT2D eigenvalue weighted by Crippen LogP contribution is 2.28. The average Bonchev–Trinajstić information content (AvgIpc) is 2.62. The van der Waals surface area contributed by atoms with Crippen molar-refractivity contribution in [1.82, 2.24) is 4.90 Å². The summed E-state index contributed by atoms with van der Waals surface area (Å²) in [4.78, 5) is 18.4. The number of carbonyl (C=O) groups is 1. The Balaban J connectivity index is 1.92. The number of aromatic hydroxyl groups is 2. The molecule has 0 spiro atoms. The van der Waals surface area contributed by atoms with E-state index in [4.69, 9.17) is 0 Å². The number of phenolic OH excluding ortho intramolecular Hbond substituents is 2. The number of nitrogens with zero attached hydrogens (tertiary/aromatic N) is 2. The second kappa shape index (κ2) is 5.00. The maximum atomic E-state index is 12.3. The molecule has 20 heavy (non-hydrogen) atoms. The number of amides is 1. The van der Waals surface area contributed by atoms with Crippen molar-refractivity contribution < 1.29 is 15.0 Å². The zero-order valence-electron chi connectivity index (χ0n) is 11.0. The highest BCUT2D eigenvalue weighted by Gasteiger charge is 2.30. The normalized spacial score (nSPS) is 20.8. The van der Waals surface area contributed by atoms with Gasteiger partial charge in [0, 0.05) is 13.0 Å². The van der Waals surface area contributed by atoms with E-state index in [1.165, 1.54) is 12.1 Å². The number of aliphatic imine (C=N–C) groups is 1. The molecule has 5 heteroatoms. The molecule has 1 amide bonds. The molecule has 0 bridgehead atoms. The lowest BCUT2D eigenvalue weighted by molar-refractivity contribution is -0.122. The van der Waals surface area contributed by atoms with Gasteiger partial charge in [0.05, 0.1) is 0 Å². The van der Waals surface area contributed by atoms with Gasteiger partial charge in [-0.1, -0.05) is 12.5 Å². The fourth-order valence-corrected chi connectivity index (χ4v) is 2.54. The molecule has 0 radical (unpaired) electrons. The van der Waals surface area contributed by atoms with Crippen molar-refractivity contribution in [3.63, 3.8) is 0 Å². The van der Waals surface area contributed by atoms with Crippen LogP contribution in [0, 0.1) is 0 Å². The Labute approximate surface area is 116 Å². The van der Waals surface area contributed by atoms with Gasteiger partial charge in [-0.3, -0.25) is 9.69 Å². The van der Waals surface area contributed by atoms with Crippen molar-refractivity contribution in [1.29, 1.82) is 0 Å². The van der Waals surface area contributed by atoms with Crippen LogP contribution in [0.2, 0.25) is 0 Å². The number of benzene rings is 1. The molecule has 2 aliphatic heterocycles. The maximum Gasteiger partial charge on any atom is 0.277 e. The quantitative estimate of drug-likeness (QED) is 0.608. The summed E-state index contributed by atoms with van der Waals surface area (Å²) in [5.74, 6) is 0.397. The Kier molecular flexibility index (Phi) is 3.18. The summed E-state index contributed by atoms with van der Waals surface area (Å²) in [6.07, 6.45) is 5.69. The monoisotopic (exact) mass is 272 g/mol. The van der Waals surface area contributed by atoms with Gasteiger partial charge in [0.1, 0.15) is 11.5 Å². The lowest BCUT2D eigenvalue weighted by Gasteiger charge is -2.14. The van der Waals surface area contributed by atoms with E-state index in [1.807, 2.05) is 0 Å². The van der Waals surface area contributed by atoms with Crippen molar-refractivity contribution in [2.75, 3.05) is 6.54 Å². The number of phenols is 2. The van der Waals surface area contributed by atoms with Crippen molar-refractivity contribution in [3.05, 3.63) is 29.5 Å². The minimum Gasteiger partial charge on any atom is -0.504 e. The molecule has 1 saturated heterocycles. The minimum absolute atomic E-state index is 0.0746. The van der Waals surface area contributed by atoms with E-state index in [9.17, 15) is 15.0 Å². The molecule has 104 valence electrons. The fraction of sp³-hybridized carbons (Fsp3) is 0.333. The largest absolute Gasteiger partial charge is 0.504 e. The third kappa shape index (κ3) is 2.27. The van der Waals surface area contributed by atoms with Crippen LogP contribution in [-0.4, -0.2) is 33.4 Å². The molecular formula is C15H16N2O3. The molecule has 1 aromatic carbocycles. The second-order valence-electron chi connectivity index (χ2n) is 5.07. The predicted octanol–water partition coefficient (Wildman–Crippen LogP) is 2.25. The second-order valence-corrected chi connectivity index (χ2v) is 5.07. The Morgan fingerprint density at radius 3 is 2.80 bits per heavy atom. The van der Waals surface area contributed by atoms with E-state index in [0.717, 1.165) is 38.1 Å². The van der Waals surface area contributed by atoms with Crippen molar-refractivity contribution in [2.24, 2.45) is 4.99 Å². The maximum absolute atomic E-state index is 12.3. The molecule has 2 heterocycles. The molecule has 1 fully saturated rings. The minimum atomic E-state index is -0.202. The van der Waals surface area contributed by atoms with Crippen LogP contribution in [0.15, 0.2) is 28.9 Å². The van der Waals surface area contributed by atoms with Gasteiger partial charge < -0.3 is 10.2 Å². The lowest BCUT2D eigenvalue weighted by atomic mass is 10.1. The summed E-state index contributed by atoms with van der Waals surface area (Å²) >= 11 is 0. The van der Waals surface area contributed by atoms with Gasteiger partial charge in [-0.25, -0.2) is 4.99 Å². The molecule has 2 N–H and O–H groups in total. The van der Waals surface area contributed by atoms with E-state index in [1.54, 1.807) is 17.0 Å². The van der Waals surface area contributed by atoms with Gasteiger partial charge in [0.2, 0.25) is 0 Å². The summed E-state index contributed by atoms with van der Waals surface area (Å²) in [6.45, 7) is 0.732. The summed E-state index contributed by atoms with van der Waals surface area (Å²) in [7, 11) is 0. The smallest absolute Gasteiger partial charge is 0.277 e. The van der Waals surface area contributed by atoms with Gasteiger partial charge in [0.25, 0.3) is 5.91 Å². The van der Waals surface area contributed by atoms with Crippen molar-refractivity contribution in [3.8, 4) is 11.5 Å². The molecular weight excluding hydrogens is 256 g/mol. The van der Waals surface area contributed by atoms with Gasteiger partial charge >= 0.3 is 0 Å². The van der Waals surface area contributed by atoms with E-state index in [2.05, 4.69) is 4.99 Å². The van der Waals surface area contributed by atoms with E-state index < -0.39 is 0 Å². The van der Waals surface area contributed by atoms with Crippen LogP contribution in [0.3, 0.4) is 0 Å². The predicted molar refractivity (Wildman–Crippen MR) is 75.4 cm³/mol.